The van der Waals surface area contributed by atoms with Gasteiger partial charge in [-0.25, -0.2) is 0 Å². The van der Waals surface area contributed by atoms with E-state index < -0.39 is 41.9 Å². The van der Waals surface area contributed by atoms with Crippen molar-refractivity contribution >= 4 is 17.7 Å². The van der Waals surface area contributed by atoms with Crippen LogP contribution in [0.2, 0.25) is 0 Å². The molecule has 218 valence electrons. The summed E-state index contributed by atoms with van der Waals surface area (Å²) in [7, 11) is 0. The van der Waals surface area contributed by atoms with Crippen LogP contribution in [0.5, 0.6) is 5.75 Å². The zero-order valence-corrected chi connectivity index (χ0v) is 24.2. The Kier molecular flexibility index (Phi) is 11.1. The van der Waals surface area contributed by atoms with Crippen molar-refractivity contribution in [1.29, 1.82) is 0 Å². The number of nitrogens with one attached hydrogen (secondary N) is 1. The predicted molar refractivity (Wildman–Crippen MR) is 161 cm³/mol. The van der Waals surface area contributed by atoms with Crippen molar-refractivity contribution in [2.45, 2.75) is 64.7 Å². The van der Waals surface area contributed by atoms with E-state index >= 15 is 0 Å². The molecule has 3 aromatic rings. The SMILES string of the molecule is CC[C@H](C)[C@@H](C(N)=O)N(C(=O)[C@H](Cc1ccc(O)cc1)NC(=O)[C@@H](N)C(C)C)C(c1ccccc1)c1ccccc1. The molecule has 0 saturated carbocycles. The van der Waals surface area contributed by atoms with Crippen molar-refractivity contribution in [3.8, 4) is 5.75 Å². The van der Waals surface area contributed by atoms with Gasteiger partial charge in [0.25, 0.3) is 0 Å². The number of nitrogens with zero attached hydrogens (tertiary/aromatic N) is 1. The van der Waals surface area contributed by atoms with Gasteiger partial charge in [0.2, 0.25) is 17.7 Å². The molecule has 0 spiro atoms. The van der Waals surface area contributed by atoms with E-state index in [1.165, 1.54) is 12.1 Å². The molecule has 0 unspecified atom stereocenters. The third-order valence-corrected chi connectivity index (χ3v) is 7.55. The van der Waals surface area contributed by atoms with Crippen LogP contribution in [0.15, 0.2) is 84.9 Å². The monoisotopic (exact) mass is 558 g/mol. The van der Waals surface area contributed by atoms with Gasteiger partial charge in [-0.2, -0.15) is 0 Å². The summed E-state index contributed by atoms with van der Waals surface area (Å²) < 4.78 is 0. The Bertz CT molecular complexity index is 1240. The molecule has 0 aromatic heterocycles. The summed E-state index contributed by atoms with van der Waals surface area (Å²) in [5.41, 5.74) is 14.5. The van der Waals surface area contributed by atoms with E-state index in [2.05, 4.69) is 5.32 Å². The van der Waals surface area contributed by atoms with E-state index in [0.717, 1.165) is 16.7 Å². The highest BCUT2D eigenvalue weighted by Gasteiger charge is 2.41. The van der Waals surface area contributed by atoms with E-state index in [-0.39, 0.29) is 24.0 Å². The number of rotatable bonds is 13. The van der Waals surface area contributed by atoms with Gasteiger partial charge in [-0.1, -0.05) is 107 Å². The average molecular weight is 559 g/mol. The smallest absolute Gasteiger partial charge is 0.246 e. The van der Waals surface area contributed by atoms with Crippen LogP contribution in [-0.4, -0.2) is 45.9 Å². The number of phenols is 1. The van der Waals surface area contributed by atoms with Gasteiger partial charge in [-0.05, 0) is 40.7 Å². The topological polar surface area (TPSA) is 139 Å². The number of carbonyl (C=O) groups excluding carboxylic acids is 3. The summed E-state index contributed by atoms with van der Waals surface area (Å²) in [5, 5.41) is 12.7. The van der Waals surface area contributed by atoms with E-state index in [1.807, 2.05) is 88.4 Å². The molecule has 8 heteroatoms. The normalized spacial score (nSPS) is 14.2. The Labute approximate surface area is 242 Å². The number of aromatic hydroxyl groups is 1. The molecule has 0 radical (unpaired) electrons. The second kappa shape index (κ2) is 14.5. The summed E-state index contributed by atoms with van der Waals surface area (Å²) in [5.74, 6) is -1.89. The number of benzene rings is 3. The van der Waals surface area contributed by atoms with Gasteiger partial charge in [-0.15, -0.1) is 0 Å². The van der Waals surface area contributed by atoms with Crippen LogP contribution in [0.4, 0.5) is 0 Å². The summed E-state index contributed by atoms with van der Waals surface area (Å²) in [4.78, 5) is 42.7. The quantitative estimate of drug-likeness (QED) is 0.252. The maximum atomic E-state index is 14.8. The third kappa shape index (κ3) is 7.95. The first-order valence-electron chi connectivity index (χ1n) is 14.1. The van der Waals surface area contributed by atoms with Crippen LogP contribution < -0.4 is 16.8 Å². The van der Waals surface area contributed by atoms with Gasteiger partial charge in [0, 0.05) is 6.42 Å². The molecule has 6 N–H and O–H groups in total. The summed E-state index contributed by atoms with van der Waals surface area (Å²) in [6.07, 6.45) is 0.718. The zero-order valence-electron chi connectivity index (χ0n) is 24.2. The lowest BCUT2D eigenvalue weighted by molar-refractivity contribution is -0.146. The Morgan fingerprint density at radius 2 is 1.37 bits per heavy atom. The van der Waals surface area contributed by atoms with E-state index in [9.17, 15) is 19.5 Å². The standard InChI is InChI=1S/C33H42N4O4/c1-5-22(4)29(31(35)39)37(30(24-12-8-6-9-13-24)25-14-10-7-11-15-25)33(41)27(36-32(40)28(34)21(2)3)20-23-16-18-26(38)19-17-23/h6-19,21-22,27-30,38H,5,20,34H2,1-4H3,(H2,35,39)(H,36,40)/t22-,27-,28-,29-/m0/s1. The fourth-order valence-corrected chi connectivity index (χ4v) is 4.94. The number of amides is 3. The number of hydrogen-bond donors (Lipinski definition) is 4. The molecule has 8 nitrogen and oxygen atoms in total. The number of nitrogens with two attached hydrogens (primary N) is 2. The Morgan fingerprint density at radius 3 is 1.80 bits per heavy atom. The van der Waals surface area contributed by atoms with Gasteiger partial charge in [0.1, 0.15) is 17.8 Å². The highest BCUT2D eigenvalue weighted by molar-refractivity contribution is 5.93. The van der Waals surface area contributed by atoms with Gasteiger partial charge in [0.05, 0.1) is 12.1 Å². The maximum absolute atomic E-state index is 14.8. The minimum Gasteiger partial charge on any atom is -0.508 e. The van der Waals surface area contributed by atoms with Crippen LogP contribution in [0.3, 0.4) is 0 Å². The fraction of sp³-hybridized carbons (Fsp3) is 0.364. The number of hydrogen-bond acceptors (Lipinski definition) is 5. The number of phenolic OH excluding ortho intramolecular Hbond substituents is 1. The van der Waals surface area contributed by atoms with E-state index in [1.54, 1.807) is 17.0 Å². The minimum absolute atomic E-state index is 0.0860. The largest absolute Gasteiger partial charge is 0.508 e. The molecule has 0 aliphatic heterocycles. The van der Waals surface area contributed by atoms with E-state index in [0.29, 0.717) is 6.42 Å². The fourth-order valence-electron chi connectivity index (χ4n) is 4.94. The summed E-state index contributed by atoms with van der Waals surface area (Å²) in [6.45, 7) is 7.51. The first kappa shape index (κ1) is 31.4. The zero-order chi connectivity index (χ0) is 30.1. The molecular weight excluding hydrogens is 516 g/mol. The van der Waals surface area contributed by atoms with Crippen molar-refractivity contribution in [1.82, 2.24) is 10.2 Å². The van der Waals surface area contributed by atoms with Crippen LogP contribution in [-0.2, 0) is 20.8 Å². The molecule has 41 heavy (non-hydrogen) atoms. The van der Waals surface area contributed by atoms with Crippen molar-refractivity contribution in [2.24, 2.45) is 23.3 Å². The van der Waals surface area contributed by atoms with Crippen LogP contribution in [0, 0.1) is 11.8 Å². The molecule has 3 amide bonds. The highest BCUT2D eigenvalue weighted by atomic mass is 16.3. The second-order valence-corrected chi connectivity index (χ2v) is 10.9. The first-order chi connectivity index (χ1) is 19.5. The van der Waals surface area contributed by atoms with E-state index in [4.69, 9.17) is 11.5 Å². The van der Waals surface area contributed by atoms with Crippen LogP contribution in [0.1, 0.15) is 56.8 Å². The Hall–Kier alpha value is -4.17. The van der Waals surface area contributed by atoms with Gasteiger partial charge >= 0.3 is 0 Å². The molecule has 0 aliphatic rings. The Balaban J connectivity index is 2.22. The molecule has 0 bridgehead atoms. The van der Waals surface area contributed by atoms with Gasteiger partial charge in [0.15, 0.2) is 0 Å². The summed E-state index contributed by atoms with van der Waals surface area (Å²) in [6, 6.07) is 21.9. The molecule has 0 heterocycles. The van der Waals surface area contributed by atoms with Crippen molar-refractivity contribution in [3.63, 3.8) is 0 Å². The molecule has 4 atom stereocenters. The number of carbonyl (C=O) groups is 3. The Morgan fingerprint density at radius 1 is 0.854 bits per heavy atom. The highest BCUT2D eigenvalue weighted by Crippen LogP contribution is 2.34. The average Bonchev–Trinajstić information content (AvgIpc) is 2.97. The lowest BCUT2D eigenvalue weighted by Gasteiger charge is -2.42. The minimum atomic E-state index is -1.06. The lowest BCUT2D eigenvalue weighted by atomic mass is 9.89. The van der Waals surface area contributed by atoms with Crippen molar-refractivity contribution in [3.05, 3.63) is 102 Å². The summed E-state index contributed by atoms with van der Waals surface area (Å²) >= 11 is 0. The molecule has 0 aliphatic carbocycles. The van der Waals surface area contributed by atoms with Gasteiger partial charge < -0.3 is 26.8 Å². The van der Waals surface area contributed by atoms with Crippen LogP contribution >= 0.6 is 0 Å². The number of primary amides is 1. The molecule has 0 fully saturated rings. The third-order valence-electron chi connectivity index (χ3n) is 7.55. The van der Waals surface area contributed by atoms with Crippen LogP contribution in [0.25, 0.3) is 0 Å². The van der Waals surface area contributed by atoms with Crippen molar-refractivity contribution < 1.29 is 19.5 Å². The van der Waals surface area contributed by atoms with Gasteiger partial charge in [-0.3, -0.25) is 14.4 Å². The first-order valence-corrected chi connectivity index (χ1v) is 14.1. The molecular formula is C33H42N4O4. The lowest BCUT2D eigenvalue weighted by Crippen LogP contribution is -2.60. The molecule has 3 aromatic carbocycles. The second-order valence-electron chi connectivity index (χ2n) is 10.9. The maximum Gasteiger partial charge on any atom is 0.246 e. The predicted octanol–water partition coefficient (Wildman–Crippen LogP) is 3.92. The molecule has 0 saturated heterocycles. The molecule has 3 rings (SSSR count). The van der Waals surface area contributed by atoms with Crippen molar-refractivity contribution in [2.75, 3.05) is 0 Å².